The van der Waals surface area contributed by atoms with Crippen molar-refractivity contribution in [3.8, 4) is 0 Å². The number of halogens is 1. The third kappa shape index (κ3) is 3.73. The quantitative estimate of drug-likeness (QED) is 0.667. The number of nitrogen functional groups attached to an aromatic ring is 1. The van der Waals surface area contributed by atoms with E-state index >= 15 is 0 Å². The predicted molar refractivity (Wildman–Crippen MR) is 96.0 cm³/mol. The summed E-state index contributed by atoms with van der Waals surface area (Å²) in [6.45, 7) is 5.74. The Morgan fingerprint density at radius 3 is 2.79 bits per heavy atom. The van der Waals surface area contributed by atoms with Crippen molar-refractivity contribution in [2.45, 2.75) is 26.8 Å². The van der Waals surface area contributed by atoms with Gasteiger partial charge in [-0.05, 0) is 24.0 Å². The summed E-state index contributed by atoms with van der Waals surface area (Å²) in [6, 6.07) is 3.69. The van der Waals surface area contributed by atoms with Gasteiger partial charge in [-0.3, -0.25) is 0 Å². The van der Waals surface area contributed by atoms with Gasteiger partial charge >= 0.3 is 0 Å². The Kier molecular flexibility index (Phi) is 4.80. The van der Waals surface area contributed by atoms with Crippen LogP contribution in [0.1, 0.15) is 25.8 Å². The number of rotatable bonds is 6. The molecule has 3 aromatic rings. The van der Waals surface area contributed by atoms with E-state index in [-0.39, 0.29) is 0 Å². The molecule has 3 rings (SSSR count). The molecular weight excluding hydrogens is 326 g/mol. The van der Waals surface area contributed by atoms with Crippen molar-refractivity contribution >= 4 is 34.5 Å². The van der Waals surface area contributed by atoms with Gasteiger partial charge in [-0.1, -0.05) is 31.5 Å². The number of nitrogens with zero attached hydrogens (tertiary/aromatic N) is 5. The first-order valence-corrected chi connectivity index (χ1v) is 8.23. The summed E-state index contributed by atoms with van der Waals surface area (Å²) in [4.78, 5) is 17.3. The van der Waals surface area contributed by atoms with Gasteiger partial charge in [0, 0.05) is 12.7 Å². The first-order valence-electron chi connectivity index (χ1n) is 7.85. The van der Waals surface area contributed by atoms with Gasteiger partial charge in [0.05, 0.1) is 12.9 Å². The lowest BCUT2D eigenvalue weighted by Crippen LogP contribution is -2.10. The molecule has 0 atom stereocenters. The molecule has 0 amide bonds. The molecule has 0 radical (unpaired) electrons. The molecule has 0 saturated carbocycles. The van der Waals surface area contributed by atoms with Crippen LogP contribution in [0.15, 0.2) is 24.7 Å². The Morgan fingerprint density at radius 2 is 2.08 bits per heavy atom. The van der Waals surface area contributed by atoms with Crippen molar-refractivity contribution in [1.82, 2.24) is 24.5 Å². The average molecular weight is 346 g/mol. The number of anilines is 2. The van der Waals surface area contributed by atoms with E-state index in [0.29, 0.717) is 40.5 Å². The van der Waals surface area contributed by atoms with E-state index in [2.05, 4.69) is 39.1 Å². The van der Waals surface area contributed by atoms with Gasteiger partial charge in [0.2, 0.25) is 5.95 Å². The second-order valence-electron chi connectivity index (χ2n) is 6.08. The molecule has 24 heavy (non-hydrogen) atoms. The van der Waals surface area contributed by atoms with Crippen molar-refractivity contribution in [2.24, 2.45) is 5.92 Å². The largest absolute Gasteiger partial charge is 0.382 e. The molecular formula is C16H20ClN7. The van der Waals surface area contributed by atoms with E-state index in [4.69, 9.17) is 17.3 Å². The van der Waals surface area contributed by atoms with E-state index in [1.807, 2.05) is 10.6 Å². The number of nitrogens with two attached hydrogens (primary N) is 1. The maximum atomic E-state index is 6.02. The molecule has 0 aliphatic rings. The van der Waals surface area contributed by atoms with Gasteiger partial charge in [-0.25, -0.2) is 9.97 Å². The van der Waals surface area contributed by atoms with Crippen LogP contribution in [0, 0.1) is 5.92 Å². The van der Waals surface area contributed by atoms with Crippen LogP contribution >= 0.6 is 11.6 Å². The highest BCUT2D eigenvalue weighted by molar-refractivity contribution is 6.29. The number of pyridine rings is 1. The first-order chi connectivity index (χ1) is 11.5. The third-order valence-corrected chi connectivity index (χ3v) is 3.86. The van der Waals surface area contributed by atoms with Crippen LogP contribution in [0.25, 0.3) is 11.2 Å². The van der Waals surface area contributed by atoms with Crippen LogP contribution in [-0.2, 0) is 6.54 Å². The highest BCUT2D eigenvalue weighted by Gasteiger charge is 2.12. The Balaban J connectivity index is 1.86. The molecule has 7 nitrogen and oxygen atoms in total. The second-order valence-corrected chi connectivity index (χ2v) is 6.46. The number of aromatic nitrogens is 5. The smallest absolute Gasteiger partial charge is 0.226 e. The minimum Gasteiger partial charge on any atom is -0.382 e. The van der Waals surface area contributed by atoms with Crippen molar-refractivity contribution in [3.63, 3.8) is 0 Å². The third-order valence-electron chi connectivity index (χ3n) is 3.64. The number of hydrogen-bond donors (Lipinski definition) is 2. The van der Waals surface area contributed by atoms with E-state index < -0.39 is 0 Å². The molecule has 0 fully saturated rings. The molecule has 8 heteroatoms. The van der Waals surface area contributed by atoms with Gasteiger partial charge in [-0.2, -0.15) is 9.97 Å². The summed E-state index contributed by atoms with van der Waals surface area (Å²) in [5.74, 6) is 1.51. The van der Waals surface area contributed by atoms with Gasteiger partial charge < -0.3 is 15.6 Å². The van der Waals surface area contributed by atoms with Crippen molar-refractivity contribution < 1.29 is 0 Å². The van der Waals surface area contributed by atoms with E-state index in [0.717, 1.165) is 18.5 Å². The number of hydrogen-bond acceptors (Lipinski definition) is 6. The topological polar surface area (TPSA) is 94.5 Å². The minimum absolute atomic E-state index is 0.375. The maximum Gasteiger partial charge on any atom is 0.226 e. The molecule has 0 spiro atoms. The first kappa shape index (κ1) is 16.4. The minimum atomic E-state index is 0.375. The number of nitrogens with one attached hydrogen (secondary N) is 1. The molecule has 0 bridgehead atoms. The summed E-state index contributed by atoms with van der Waals surface area (Å²) >= 11 is 5.83. The predicted octanol–water partition coefficient (Wildman–Crippen LogP) is 2.96. The molecule has 3 heterocycles. The molecule has 3 aromatic heterocycles. The standard InChI is InChI=1S/C16H20ClN7/c1-10(2)5-6-19-16-22-14(18)13-15(23-16)24(9-21-13)8-11-3-4-12(17)20-7-11/h3-4,7,9-10H,5-6,8H2,1-2H3,(H3,18,19,22,23). The number of imidazole rings is 1. The van der Waals surface area contributed by atoms with Gasteiger partial charge in [0.25, 0.3) is 0 Å². The van der Waals surface area contributed by atoms with E-state index in [9.17, 15) is 0 Å². The number of fused-ring (bicyclic) bond motifs is 1. The fraction of sp³-hybridized carbons (Fsp3) is 0.375. The lowest BCUT2D eigenvalue weighted by atomic mass is 10.1. The molecule has 3 N–H and O–H groups in total. The second kappa shape index (κ2) is 7.00. The Hall–Kier alpha value is -2.41. The van der Waals surface area contributed by atoms with Crippen molar-refractivity contribution in [2.75, 3.05) is 17.6 Å². The Labute approximate surface area is 145 Å². The summed E-state index contributed by atoms with van der Waals surface area (Å²) in [6.07, 6.45) is 4.49. The fourth-order valence-electron chi connectivity index (χ4n) is 2.33. The monoisotopic (exact) mass is 345 g/mol. The summed E-state index contributed by atoms with van der Waals surface area (Å²) in [5, 5.41) is 3.69. The normalized spacial score (nSPS) is 11.3. The van der Waals surface area contributed by atoms with Crippen LogP contribution in [0.2, 0.25) is 5.15 Å². The van der Waals surface area contributed by atoms with Gasteiger partial charge in [0.1, 0.15) is 10.7 Å². The highest BCUT2D eigenvalue weighted by Crippen LogP contribution is 2.19. The Bertz CT molecular complexity index is 826. The van der Waals surface area contributed by atoms with Crippen LogP contribution in [0.5, 0.6) is 0 Å². The van der Waals surface area contributed by atoms with Crippen LogP contribution < -0.4 is 11.1 Å². The average Bonchev–Trinajstić information content (AvgIpc) is 2.93. The molecule has 0 unspecified atom stereocenters. The van der Waals surface area contributed by atoms with Crippen LogP contribution in [0.4, 0.5) is 11.8 Å². The summed E-state index contributed by atoms with van der Waals surface area (Å²) in [7, 11) is 0. The highest BCUT2D eigenvalue weighted by atomic mass is 35.5. The molecule has 0 aliphatic heterocycles. The zero-order valence-corrected chi connectivity index (χ0v) is 14.5. The van der Waals surface area contributed by atoms with Gasteiger partial charge in [0.15, 0.2) is 11.5 Å². The van der Waals surface area contributed by atoms with Crippen molar-refractivity contribution in [3.05, 3.63) is 35.4 Å². The van der Waals surface area contributed by atoms with Crippen LogP contribution in [0.3, 0.4) is 0 Å². The van der Waals surface area contributed by atoms with E-state index in [1.165, 1.54) is 0 Å². The molecule has 0 saturated heterocycles. The zero-order chi connectivity index (χ0) is 17.1. The molecule has 126 valence electrons. The van der Waals surface area contributed by atoms with Gasteiger partial charge in [-0.15, -0.1) is 0 Å². The van der Waals surface area contributed by atoms with Crippen molar-refractivity contribution in [1.29, 1.82) is 0 Å². The Morgan fingerprint density at radius 1 is 1.25 bits per heavy atom. The fourth-order valence-corrected chi connectivity index (χ4v) is 2.44. The summed E-state index contributed by atoms with van der Waals surface area (Å²) < 4.78 is 1.92. The lowest BCUT2D eigenvalue weighted by Gasteiger charge is -2.09. The van der Waals surface area contributed by atoms with E-state index in [1.54, 1.807) is 18.6 Å². The molecule has 0 aliphatic carbocycles. The molecule has 0 aromatic carbocycles. The zero-order valence-electron chi connectivity index (χ0n) is 13.7. The lowest BCUT2D eigenvalue weighted by molar-refractivity contribution is 0.606. The van der Waals surface area contributed by atoms with Crippen LogP contribution in [-0.4, -0.2) is 31.0 Å². The maximum absolute atomic E-state index is 6.02. The summed E-state index contributed by atoms with van der Waals surface area (Å²) in [5.41, 5.74) is 8.32. The SMILES string of the molecule is CC(C)CCNc1nc(N)c2ncn(Cc3ccc(Cl)nc3)c2n1.